The molecule has 3 aromatic carbocycles. The number of rotatable bonds is 6. The summed E-state index contributed by atoms with van der Waals surface area (Å²) in [5, 5.41) is 9.50. The first-order chi connectivity index (χ1) is 15.3. The molecule has 3 aromatic rings. The highest BCUT2D eigenvalue weighted by Crippen LogP contribution is 2.36. The van der Waals surface area contributed by atoms with Crippen LogP contribution in [0.3, 0.4) is 0 Å². The molecule has 0 aliphatic heterocycles. The van der Waals surface area contributed by atoms with Gasteiger partial charge in [-0.05, 0) is 48.0 Å². The van der Waals surface area contributed by atoms with Crippen LogP contribution in [0.2, 0.25) is 5.02 Å². The monoisotopic (exact) mass is 494 g/mol. The zero-order chi connectivity index (χ0) is 24.6. The molecule has 0 aliphatic carbocycles. The molecule has 0 saturated carbocycles. The highest BCUT2D eigenvalue weighted by atomic mass is 35.5. The highest BCUT2D eigenvalue weighted by molar-refractivity contribution is 7.91. The van der Waals surface area contributed by atoms with E-state index in [0.29, 0.717) is 0 Å². The van der Waals surface area contributed by atoms with Crippen molar-refractivity contribution < 1.29 is 31.8 Å². The van der Waals surface area contributed by atoms with Crippen molar-refractivity contribution in [2.24, 2.45) is 5.41 Å². The van der Waals surface area contributed by atoms with Gasteiger partial charge < -0.3 is 9.84 Å². The Morgan fingerprint density at radius 1 is 1.00 bits per heavy atom. The van der Waals surface area contributed by atoms with E-state index in [1.54, 1.807) is 26.8 Å². The first-order valence-corrected chi connectivity index (χ1v) is 11.7. The predicted octanol–water partition coefficient (Wildman–Crippen LogP) is 6.00. The van der Waals surface area contributed by atoms with E-state index >= 15 is 4.39 Å². The SMILES string of the molecule is CC(C)(C)C(Oc1ccc(F)cc1-c1ccc(S(=O)(=O)c2ccccc2Cl)c(F)c1)C(=O)O. The summed E-state index contributed by atoms with van der Waals surface area (Å²) >= 11 is 5.98. The van der Waals surface area contributed by atoms with Crippen molar-refractivity contribution in [3.63, 3.8) is 0 Å². The number of sulfone groups is 1. The Bertz CT molecular complexity index is 1320. The maximum Gasteiger partial charge on any atom is 0.345 e. The Hall–Kier alpha value is -2.97. The summed E-state index contributed by atoms with van der Waals surface area (Å²) in [5.41, 5.74) is -0.612. The first kappa shape index (κ1) is 24.7. The van der Waals surface area contributed by atoms with Crippen molar-refractivity contribution in [1.29, 1.82) is 0 Å². The predicted molar refractivity (Wildman–Crippen MR) is 120 cm³/mol. The van der Waals surface area contributed by atoms with Gasteiger partial charge in [0.2, 0.25) is 9.84 Å². The standard InChI is InChI=1S/C24H21ClF2O5S/c1-24(2,3)22(23(28)29)32-19-10-9-15(26)13-16(19)14-8-11-21(18(27)12-14)33(30,31)20-7-5-4-6-17(20)25/h4-13,22H,1-3H3,(H,28,29). The van der Waals surface area contributed by atoms with Gasteiger partial charge in [-0.1, -0.05) is 50.6 Å². The van der Waals surface area contributed by atoms with Crippen molar-refractivity contribution in [3.8, 4) is 16.9 Å². The number of carboxylic acids is 1. The van der Waals surface area contributed by atoms with Gasteiger partial charge in [0.1, 0.15) is 22.3 Å². The average molecular weight is 495 g/mol. The molecule has 0 spiro atoms. The van der Waals surface area contributed by atoms with Crippen LogP contribution in [0.5, 0.6) is 5.75 Å². The van der Waals surface area contributed by atoms with Gasteiger partial charge in [0.15, 0.2) is 6.10 Å². The molecule has 33 heavy (non-hydrogen) atoms. The van der Waals surface area contributed by atoms with Crippen molar-refractivity contribution >= 4 is 27.4 Å². The maximum absolute atomic E-state index is 15.0. The van der Waals surface area contributed by atoms with Crippen LogP contribution in [0.1, 0.15) is 20.8 Å². The topological polar surface area (TPSA) is 80.7 Å². The fourth-order valence-corrected chi connectivity index (χ4v) is 5.05. The Kier molecular flexibility index (Phi) is 6.81. The second kappa shape index (κ2) is 9.11. The number of carboxylic acid groups (broad SMARTS) is 1. The van der Waals surface area contributed by atoms with Gasteiger partial charge in [0.05, 0.1) is 9.92 Å². The fraction of sp³-hybridized carbons (Fsp3) is 0.208. The minimum Gasteiger partial charge on any atom is -0.478 e. The average Bonchev–Trinajstić information content (AvgIpc) is 2.71. The molecule has 1 unspecified atom stereocenters. The van der Waals surface area contributed by atoms with E-state index in [4.69, 9.17) is 16.3 Å². The number of aliphatic carboxylic acids is 1. The molecule has 0 radical (unpaired) electrons. The van der Waals surface area contributed by atoms with E-state index in [1.165, 1.54) is 30.3 Å². The third-order valence-electron chi connectivity index (χ3n) is 4.86. The zero-order valence-electron chi connectivity index (χ0n) is 18.0. The normalized spacial score (nSPS) is 12.9. The molecular formula is C24H21ClF2O5S. The summed E-state index contributed by atoms with van der Waals surface area (Å²) in [6, 6.07) is 12.3. The van der Waals surface area contributed by atoms with Gasteiger partial charge in [0.25, 0.3) is 0 Å². The van der Waals surface area contributed by atoms with E-state index in [9.17, 15) is 22.7 Å². The molecule has 5 nitrogen and oxygen atoms in total. The summed E-state index contributed by atoms with van der Waals surface area (Å²) < 4.78 is 60.5. The maximum atomic E-state index is 15.0. The summed E-state index contributed by atoms with van der Waals surface area (Å²) in [4.78, 5) is 10.9. The minimum absolute atomic E-state index is 0.0137. The highest BCUT2D eigenvalue weighted by Gasteiger charge is 2.34. The molecule has 0 aromatic heterocycles. The lowest BCUT2D eigenvalue weighted by Crippen LogP contribution is -2.39. The Labute approximate surface area is 195 Å². The fourth-order valence-electron chi connectivity index (χ4n) is 3.22. The molecule has 9 heteroatoms. The van der Waals surface area contributed by atoms with Crippen LogP contribution in [0, 0.1) is 17.0 Å². The molecular weight excluding hydrogens is 474 g/mol. The van der Waals surface area contributed by atoms with E-state index in [2.05, 4.69) is 0 Å². The summed E-state index contributed by atoms with van der Waals surface area (Å²) in [6.45, 7) is 5.01. The molecule has 0 heterocycles. The minimum atomic E-state index is -4.26. The van der Waals surface area contributed by atoms with Crippen molar-refractivity contribution in [3.05, 3.63) is 77.3 Å². The number of hydrogen-bond donors (Lipinski definition) is 1. The Morgan fingerprint density at radius 2 is 1.67 bits per heavy atom. The summed E-state index contributed by atoms with van der Waals surface area (Å²) in [7, 11) is -4.26. The number of halogens is 3. The molecule has 174 valence electrons. The largest absolute Gasteiger partial charge is 0.478 e. The van der Waals surface area contributed by atoms with Crippen LogP contribution in [0.25, 0.3) is 11.1 Å². The lowest BCUT2D eigenvalue weighted by molar-refractivity contribution is -0.150. The number of benzene rings is 3. The van der Waals surface area contributed by atoms with Crippen LogP contribution in [-0.4, -0.2) is 25.6 Å². The van der Waals surface area contributed by atoms with Crippen LogP contribution in [-0.2, 0) is 14.6 Å². The van der Waals surface area contributed by atoms with Gasteiger partial charge in [-0.25, -0.2) is 22.0 Å². The molecule has 3 rings (SSSR count). The van der Waals surface area contributed by atoms with Gasteiger partial charge in [0, 0.05) is 11.0 Å². The molecule has 1 atom stereocenters. The van der Waals surface area contributed by atoms with E-state index < -0.39 is 43.9 Å². The molecule has 0 fully saturated rings. The molecule has 0 aliphatic rings. The lowest BCUT2D eigenvalue weighted by Gasteiger charge is -2.28. The summed E-state index contributed by atoms with van der Waals surface area (Å²) in [6.07, 6.45) is -1.27. The molecule has 1 N–H and O–H groups in total. The Morgan fingerprint density at radius 3 is 2.24 bits per heavy atom. The number of hydrogen-bond acceptors (Lipinski definition) is 4. The van der Waals surface area contributed by atoms with Crippen molar-refractivity contribution in [2.75, 3.05) is 0 Å². The van der Waals surface area contributed by atoms with Crippen LogP contribution < -0.4 is 4.74 Å². The molecule has 0 bridgehead atoms. The van der Waals surface area contributed by atoms with E-state index in [1.807, 2.05) is 0 Å². The summed E-state index contributed by atoms with van der Waals surface area (Å²) in [5.74, 6) is -2.94. The van der Waals surface area contributed by atoms with Gasteiger partial charge in [-0.15, -0.1) is 0 Å². The first-order valence-electron chi connectivity index (χ1n) is 9.81. The molecule has 0 saturated heterocycles. The third kappa shape index (κ3) is 5.17. The van der Waals surface area contributed by atoms with Gasteiger partial charge in [-0.2, -0.15) is 0 Å². The van der Waals surface area contributed by atoms with Crippen LogP contribution in [0.4, 0.5) is 8.78 Å². The van der Waals surface area contributed by atoms with Gasteiger partial charge >= 0.3 is 5.97 Å². The third-order valence-corrected chi connectivity index (χ3v) is 7.14. The number of carbonyl (C=O) groups is 1. The van der Waals surface area contributed by atoms with Crippen molar-refractivity contribution in [2.45, 2.75) is 36.7 Å². The lowest BCUT2D eigenvalue weighted by atomic mass is 9.89. The quantitative estimate of drug-likeness (QED) is 0.455. The number of ether oxygens (including phenoxy) is 1. The van der Waals surface area contributed by atoms with Crippen LogP contribution in [0.15, 0.2) is 70.5 Å². The van der Waals surface area contributed by atoms with Crippen LogP contribution >= 0.6 is 11.6 Å². The van der Waals surface area contributed by atoms with Crippen molar-refractivity contribution in [1.82, 2.24) is 0 Å². The van der Waals surface area contributed by atoms with Gasteiger partial charge in [-0.3, -0.25) is 0 Å². The smallest absolute Gasteiger partial charge is 0.345 e. The Balaban J connectivity index is 2.09. The van der Waals surface area contributed by atoms with E-state index in [0.717, 1.165) is 24.3 Å². The zero-order valence-corrected chi connectivity index (χ0v) is 19.5. The van der Waals surface area contributed by atoms with E-state index in [-0.39, 0.29) is 26.8 Å². The second-order valence-electron chi connectivity index (χ2n) is 8.42. The molecule has 0 amide bonds. The second-order valence-corrected chi connectivity index (χ2v) is 10.7.